The summed E-state index contributed by atoms with van der Waals surface area (Å²) in [6, 6.07) is 6.08. The van der Waals surface area contributed by atoms with E-state index in [1.807, 2.05) is 23.1 Å². The number of piperidine rings is 1. The molecule has 1 amide bonds. The number of halogens is 2. The molecule has 2 rings (SSSR count). The van der Waals surface area contributed by atoms with E-state index in [-0.39, 0.29) is 11.9 Å². The van der Waals surface area contributed by atoms with E-state index in [0.717, 1.165) is 39.5 Å². The number of carbonyl (C=O) groups is 1. The average molecular weight is 437 g/mol. The number of rotatable bonds is 2. The summed E-state index contributed by atoms with van der Waals surface area (Å²) in [5.41, 5.74) is 6.84. The first kappa shape index (κ1) is 15.3. The van der Waals surface area contributed by atoms with Crippen molar-refractivity contribution in [3.63, 3.8) is 0 Å². The average Bonchev–Trinajstić information content (AvgIpc) is 2.41. The van der Waals surface area contributed by atoms with Crippen molar-refractivity contribution in [2.75, 3.05) is 13.1 Å². The summed E-state index contributed by atoms with van der Waals surface area (Å²) in [5.74, 6) is 0.523. The standard InChI is InChI=1S/C14H18BrIN2O/c1-2-9-8-18(6-5-13(9)17)14(19)11-7-10(16)3-4-12(11)15/h3-4,7,9,13H,2,5-6,8,17H2,1H3. The Hall–Kier alpha value is -0.140. The van der Waals surface area contributed by atoms with Crippen molar-refractivity contribution in [1.82, 2.24) is 4.90 Å². The first-order chi connectivity index (χ1) is 9.02. The van der Waals surface area contributed by atoms with Crippen LogP contribution < -0.4 is 5.73 Å². The number of hydrogen-bond acceptors (Lipinski definition) is 2. The summed E-state index contributed by atoms with van der Waals surface area (Å²) in [6.45, 7) is 3.67. The maximum absolute atomic E-state index is 12.6. The Bertz CT molecular complexity index is 481. The molecule has 1 aliphatic heterocycles. The lowest BCUT2D eigenvalue weighted by Gasteiger charge is -2.36. The van der Waals surface area contributed by atoms with E-state index in [2.05, 4.69) is 45.4 Å². The highest BCUT2D eigenvalue weighted by atomic mass is 127. The predicted octanol–water partition coefficient (Wildman–Crippen LogP) is 3.25. The van der Waals surface area contributed by atoms with Crippen LogP contribution in [0.15, 0.2) is 22.7 Å². The second kappa shape index (κ2) is 6.54. The van der Waals surface area contributed by atoms with Crippen LogP contribution in [0.1, 0.15) is 30.1 Å². The van der Waals surface area contributed by atoms with Gasteiger partial charge in [0, 0.05) is 27.2 Å². The Morgan fingerprint density at radius 3 is 3.00 bits per heavy atom. The van der Waals surface area contributed by atoms with Gasteiger partial charge in [-0.3, -0.25) is 4.79 Å². The zero-order valence-electron chi connectivity index (χ0n) is 10.9. The molecule has 0 aromatic heterocycles. The molecular formula is C14H18BrIN2O. The molecule has 1 aliphatic rings. The molecule has 3 nitrogen and oxygen atoms in total. The third-order valence-electron chi connectivity index (χ3n) is 3.76. The number of nitrogens with zero attached hydrogens (tertiary/aromatic N) is 1. The first-order valence-electron chi connectivity index (χ1n) is 6.52. The smallest absolute Gasteiger partial charge is 0.255 e. The number of nitrogens with two attached hydrogens (primary N) is 1. The van der Waals surface area contributed by atoms with Crippen LogP contribution in [0.5, 0.6) is 0 Å². The molecule has 0 saturated carbocycles. The minimum atomic E-state index is 0.107. The number of amides is 1. The van der Waals surface area contributed by atoms with E-state index >= 15 is 0 Å². The number of carbonyl (C=O) groups excluding carboxylic acids is 1. The third-order valence-corrected chi connectivity index (χ3v) is 5.13. The molecular weight excluding hydrogens is 419 g/mol. The topological polar surface area (TPSA) is 46.3 Å². The Balaban J connectivity index is 2.18. The lowest BCUT2D eigenvalue weighted by Crippen LogP contribution is -2.49. The normalized spacial score (nSPS) is 23.5. The van der Waals surface area contributed by atoms with Crippen LogP contribution in [0.2, 0.25) is 0 Å². The van der Waals surface area contributed by atoms with Crippen molar-refractivity contribution < 1.29 is 4.79 Å². The van der Waals surface area contributed by atoms with Crippen LogP contribution in [0, 0.1) is 9.49 Å². The molecule has 104 valence electrons. The number of hydrogen-bond donors (Lipinski definition) is 1. The Morgan fingerprint density at radius 1 is 1.58 bits per heavy atom. The van der Waals surface area contributed by atoms with Crippen molar-refractivity contribution in [1.29, 1.82) is 0 Å². The van der Waals surface area contributed by atoms with Crippen molar-refractivity contribution in [2.45, 2.75) is 25.8 Å². The molecule has 0 spiro atoms. The van der Waals surface area contributed by atoms with Gasteiger partial charge in [0.1, 0.15) is 0 Å². The quantitative estimate of drug-likeness (QED) is 0.723. The Kier molecular flexibility index (Phi) is 5.25. The summed E-state index contributed by atoms with van der Waals surface area (Å²) in [7, 11) is 0. The summed E-state index contributed by atoms with van der Waals surface area (Å²) >= 11 is 5.70. The van der Waals surface area contributed by atoms with Gasteiger partial charge in [-0.15, -0.1) is 0 Å². The molecule has 2 N–H and O–H groups in total. The fourth-order valence-electron chi connectivity index (χ4n) is 2.50. The van der Waals surface area contributed by atoms with E-state index in [1.165, 1.54) is 0 Å². The van der Waals surface area contributed by atoms with Crippen LogP contribution in [0.4, 0.5) is 0 Å². The van der Waals surface area contributed by atoms with Gasteiger partial charge < -0.3 is 10.6 Å². The van der Waals surface area contributed by atoms with Crippen LogP contribution in [-0.4, -0.2) is 29.9 Å². The van der Waals surface area contributed by atoms with Crippen molar-refractivity contribution in [3.05, 3.63) is 31.8 Å². The SMILES string of the molecule is CCC1CN(C(=O)c2cc(I)ccc2Br)CCC1N. The van der Waals surface area contributed by atoms with Gasteiger partial charge in [0.15, 0.2) is 0 Å². The molecule has 5 heteroatoms. The zero-order valence-corrected chi connectivity index (χ0v) is 14.6. The number of likely N-dealkylation sites (tertiary alicyclic amines) is 1. The molecule has 1 saturated heterocycles. The maximum atomic E-state index is 12.6. The molecule has 2 unspecified atom stereocenters. The molecule has 0 aliphatic carbocycles. The van der Waals surface area contributed by atoms with Gasteiger partial charge in [0.2, 0.25) is 0 Å². The summed E-state index contributed by atoms with van der Waals surface area (Å²) < 4.78 is 1.94. The molecule has 1 aromatic rings. The molecule has 1 fully saturated rings. The highest BCUT2D eigenvalue weighted by Gasteiger charge is 2.29. The van der Waals surface area contributed by atoms with E-state index in [4.69, 9.17) is 5.73 Å². The number of benzene rings is 1. The van der Waals surface area contributed by atoms with Crippen LogP contribution in [-0.2, 0) is 0 Å². The highest BCUT2D eigenvalue weighted by Crippen LogP contribution is 2.25. The van der Waals surface area contributed by atoms with Crippen molar-refractivity contribution in [2.24, 2.45) is 11.7 Å². The van der Waals surface area contributed by atoms with E-state index in [0.29, 0.717) is 5.92 Å². The van der Waals surface area contributed by atoms with Gasteiger partial charge in [0.05, 0.1) is 5.56 Å². The molecule has 2 atom stereocenters. The summed E-state index contributed by atoms with van der Waals surface area (Å²) in [5, 5.41) is 0. The van der Waals surface area contributed by atoms with Crippen LogP contribution in [0.25, 0.3) is 0 Å². The monoisotopic (exact) mass is 436 g/mol. The third kappa shape index (κ3) is 3.49. The lowest BCUT2D eigenvalue weighted by molar-refractivity contribution is 0.0648. The second-order valence-corrected chi connectivity index (χ2v) is 7.10. The van der Waals surface area contributed by atoms with Crippen molar-refractivity contribution >= 4 is 44.4 Å². The van der Waals surface area contributed by atoms with Gasteiger partial charge >= 0.3 is 0 Å². The molecule has 0 radical (unpaired) electrons. The van der Waals surface area contributed by atoms with Gasteiger partial charge in [-0.1, -0.05) is 13.3 Å². The predicted molar refractivity (Wildman–Crippen MR) is 89.1 cm³/mol. The zero-order chi connectivity index (χ0) is 14.0. The van der Waals surface area contributed by atoms with Crippen LogP contribution >= 0.6 is 38.5 Å². The molecule has 19 heavy (non-hydrogen) atoms. The summed E-state index contributed by atoms with van der Waals surface area (Å²) in [6.07, 6.45) is 1.92. The van der Waals surface area contributed by atoms with Gasteiger partial charge in [-0.25, -0.2) is 0 Å². The minimum Gasteiger partial charge on any atom is -0.338 e. The lowest BCUT2D eigenvalue weighted by atomic mass is 9.90. The van der Waals surface area contributed by atoms with Crippen molar-refractivity contribution in [3.8, 4) is 0 Å². The van der Waals surface area contributed by atoms with Gasteiger partial charge in [0.25, 0.3) is 5.91 Å². The van der Waals surface area contributed by atoms with E-state index in [9.17, 15) is 4.79 Å². The maximum Gasteiger partial charge on any atom is 0.255 e. The van der Waals surface area contributed by atoms with Gasteiger partial charge in [-0.2, -0.15) is 0 Å². The van der Waals surface area contributed by atoms with Crippen LogP contribution in [0.3, 0.4) is 0 Å². The minimum absolute atomic E-state index is 0.107. The Morgan fingerprint density at radius 2 is 2.32 bits per heavy atom. The van der Waals surface area contributed by atoms with E-state index in [1.54, 1.807) is 0 Å². The Labute approximate surface area is 136 Å². The van der Waals surface area contributed by atoms with E-state index < -0.39 is 0 Å². The fraction of sp³-hybridized carbons (Fsp3) is 0.500. The highest BCUT2D eigenvalue weighted by molar-refractivity contribution is 14.1. The fourth-order valence-corrected chi connectivity index (χ4v) is 3.41. The molecule has 1 aromatic carbocycles. The molecule has 0 bridgehead atoms. The van der Waals surface area contributed by atoms with Gasteiger partial charge in [-0.05, 0) is 69.1 Å². The largest absolute Gasteiger partial charge is 0.338 e. The molecule has 1 heterocycles. The first-order valence-corrected chi connectivity index (χ1v) is 8.40. The second-order valence-electron chi connectivity index (χ2n) is 5.00. The summed E-state index contributed by atoms with van der Waals surface area (Å²) in [4.78, 5) is 14.5.